The van der Waals surface area contributed by atoms with E-state index in [1.165, 1.54) is 16.8 Å². The Morgan fingerprint density at radius 2 is 1.97 bits per heavy atom. The average Bonchev–Trinajstić information content (AvgIpc) is 2.77. The number of aromatic nitrogens is 2. The summed E-state index contributed by atoms with van der Waals surface area (Å²) < 4.78 is 1.29. The van der Waals surface area contributed by atoms with Gasteiger partial charge in [0.25, 0.3) is 17.2 Å². The lowest BCUT2D eigenvalue weighted by molar-refractivity contribution is -0.384. The molecule has 3 aromatic rings. The molecule has 1 N–H and O–H groups in total. The topological polar surface area (TPSA) is 119 Å². The molecule has 3 rings (SSSR count). The molecule has 1 amide bonds. The Morgan fingerprint density at radius 3 is 2.65 bits per heavy atom. The molecular weight excluding hydrogens is 422 g/mol. The number of benzene rings is 2. The third-order valence-corrected chi connectivity index (χ3v) is 5.01. The third kappa shape index (κ3) is 4.77. The molecule has 31 heavy (non-hydrogen) atoms. The Labute approximate surface area is 182 Å². The lowest BCUT2D eigenvalue weighted by atomic mass is 10.1. The van der Waals surface area contributed by atoms with Crippen LogP contribution < -0.4 is 11.0 Å². The maximum absolute atomic E-state index is 12.8. The minimum absolute atomic E-state index is 0.00981. The van der Waals surface area contributed by atoms with Gasteiger partial charge in [-0.05, 0) is 25.5 Å². The van der Waals surface area contributed by atoms with Gasteiger partial charge in [-0.25, -0.2) is 10.1 Å². The van der Waals surface area contributed by atoms with Crippen molar-refractivity contribution in [1.82, 2.24) is 15.2 Å². The van der Waals surface area contributed by atoms with Crippen molar-refractivity contribution in [2.24, 2.45) is 5.10 Å². The molecule has 0 aliphatic carbocycles. The highest BCUT2D eigenvalue weighted by molar-refractivity contribution is 6.32. The van der Waals surface area contributed by atoms with Gasteiger partial charge in [0, 0.05) is 23.6 Å². The molecule has 0 fully saturated rings. The van der Waals surface area contributed by atoms with Crippen LogP contribution in [0.15, 0.2) is 52.4 Å². The number of carbonyl (C=O) groups is 1. The van der Waals surface area contributed by atoms with Crippen molar-refractivity contribution in [3.05, 3.63) is 79.2 Å². The van der Waals surface area contributed by atoms with E-state index in [1.54, 1.807) is 37.3 Å². The second-order valence-corrected chi connectivity index (χ2v) is 7.24. The molecule has 2 aromatic carbocycles. The molecule has 0 atom stereocenters. The van der Waals surface area contributed by atoms with E-state index in [-0.39, 0.29) is 22.0 Å². The van der Waals surface area contributed by atoms with Crippen molar-refractivity contribution < 1.29 is 9.72 Å². The second kappa shape index (κ2) is 9.48. The van der Waals surface area contributed by atoms with Gasteiger partial charge in [-0.1, -0.05) is 49.2 Å². The zero-order valence-corrected chi connectivity index (χ0v) is 17.7. The van der Waals surface area contributed by atoms with Gasteiger partial charge < -0.3 is 0 Å². The van der Waals surface area contributed by atoms with Gasteiger partial charge >= 0.3 is 0 Å². The molecule has 9 nitrogen and oxygen atoms in total. The number of hydrogen-bond acceptors (Lipinski definition) is 6. The highest BCUT2D eigenvalue weighted by Gasteiger charge is 2.17. The van der Waals surface area contributed by atoms with E-state index in [1.807, 2.05) is 6.92 Å². The molecule has 10 heteroatoms. The summed E-state index contributed by atoms with van der Waals surface area (Å²) in [7, 11) is 0. The van der Waals surface area contributed by atoms with Crippen LogP contribution in [0.2, 0.25) is 5.02 Å². The van der Waals surface area contributed by atoms with Crippen molar-refractivity contribution >= 4 is 39.7 Å². The van der Waals surface area contributed by atoms with E-state index >= 15 is 0 Å². The lowest BCUT2D eigenvalue weighted by Crippen LogP contribution is -2.29. The number of aryl methyl sites for hydroxylation is 1. The molecule has 0 saturated carbocycles. The Hall–Kier alpha value is -3.59. The smallest absolute Gasteiger partial charge is 0.267 e. The Bertz CT molecular complexity index is 1250. The first kappa shape index (κ1) is 22.1. The number of nitrogens with one attached hydrogen (secondary N) is 1. The molecule has 0 aliphatic rings. The first-order valence-electron chi connectivity index (χ1n) is 9.62. The highest BCUT2D eigenvalue weighted by Crippen LogP contribution is 2.25. The summed E-state index contributed by atoms with van der Waals surface area (Å²) in [5.41, 5.74) is 2.76. The molecule has 1 heterocycles. The van der Waals surface area contributed by atoms with Crippen LogP contribution in [-0.2, 0) is 6.54 Å². The van der Waals surface area contributed by atoms with Crippen molar-refractivity contribution in [2.75, 3.05) is 0 Å². The minimum atomic E-state index is -0.593. The van der Waals surface area contributed by atoms with E-state index in [2.05, 4.69) is 15.6 Å². The number of fused-ring (bicyclic) bond motifs is 1. The van der Waals surface area contributed by atoms with Crippen LogP contribution >= 0.6 is 11.6 Å². The van der Waals surface area contributed by atoms with E-state index in [4.69, 9.17) is 11.6 Å². The fourth-order valence-corrected chi connectivity index (χ4v) is 3.18. The number of amides is 1. The lowest BCUT2D eigenvalue weighted by Gasteiger charge is -2.10. The molecule has 0 aliphatic heterocycles. The summed E-state index contributed by atoms with van der Waals surface area (Å²) in [5, 5.41) is 20.2. The van der Waals surface area contributed by atoms with Crippen LogP contribution in [0.3, 0.4) is 0 Å². The van der Waals surface area contributed by atoms with Crippen LogP contribution in [0.4, 0.5) is 5.69 Å². The number of nitrogens with zero attached hydrogens (tertiary/aromatic N) is 4. The number of halogens is 1. The number of hydrogen-bond donors (Lipinski definition) is 1. The highest BCUT2D eigenvalue weighted by atomic mass is 35.5. The average molecular weight is 442 g/mol. The van der Waals surface area contributed by atoms with Gasteiger partial charge in [0.1, 0.15) is 5.02 Å². The minimum Gasteiger partial charge on any atom is -0.267 e. The number of nitro benzene ring substituents is 1. The van der Waals surface area contributed by atoms with Crippen molar-refractivity contribution in [2.45, 2.75) is 33.2 Å². The maximum atomic E-state index is 12.8. The zero-order valence-electron chi connectivity index (χ0n) is 17.0. The Morgan fingerprint density at radius 1 is 1.26 bits per heavy atom. The van der Waals surface area contributed by atoms with Crippen LogP contribution in [0, 0.1) is 10.1 Å². The summed E-state index contributed by atoms with van der Waals surface area (Å²) in [4.78, 5) is 36.0. The summed E-state index contributed by atoms with van der Waals surface area (Å²) in [6.07, 6.45) is 1.62. The SMILES string of the molecule is CCCCn1nc(C(=O)N/N=C(\C)c2ccc(Cl)c([N+](=O)[O-])c2)c2ccccc2c1=O. The Kier molecular flexibility index (Phi) is 6.76. The number of rotatable bonds is 7. The molecule has 160 valence electrons. The van der Waals surface area contributed by atoms with Crippen molar-refractivity contribution in [1.29, 1.82) is 0 Å². The zero-order chi connectivity index (χ0) is 22.5. The predicted molar refractivity (Wildman–Crippen MR) is 119 cm³/mol. The standard InChI is InChI=1S/C21H20ClN5O4/c1-3-4-11-26-21(29)16-8-6-5-7-15(16)19(25-26)20(28)24-23-13(2)14-9-10-17(22)18(12-14)27(30)31/h5-10,12H,3-4,11H2,1-2H3,(H,24,28)/b23-13+. The van der Waals surface area contributed by atoms with E-state index in [0.29, 0.717) is 28.6 Å². The molecule has 0 spiro atoms. The maximum Gasteiger partial charge on any atom is 0.292 e. The van der Waals surface area contributed by atoms with Gasteiger partial charge in [0.15, 0.2) is 5.69 Å². The van der Waals surface area contributed by atoms with Gasteiger partial charge in [0.05, 0.1) is 16.0 Å². The fourth-order valence-electron chi connectivity index (χ4n) is 2.99. The van der Waals surface area contributed by atoms with Crippen LogP contribution in [-0.4, -0.2) is 26.3 Å². The molecule has 0 radical (unpaired) electrons. The molecular formula is C21H20ClN5O4. The van der Waals surface area contributed by atoms with Crippen molar-refractivity contribution in [3.63, 3.8) is 0 Å². The first-order chi connectivity index (χ1) is 14.8. The van der Waals surface area contributed by atoms with Crippen LogP contribution in [0.25, 0.3) is 10.8 Å². The number of carbonyl (C=O) groups excluding carboxylic acids is 1. The molecule has 0 unspecified atom stereocenters. The van der Waals surface area contributed by atoms with Gasteiger partial charge in [-0.15, -0.1) is 0 Å². The molecule has 1 aromatic heterocycles. The largest absolute Gasteiger partial charge is 0.292 e. The fraction of sp³-hybridized carbons (Fsp3) is 0.238. The first-order valence-corrected chi connectivity index (χ1v) is 10.00. The van der Waals surface area contributed by atoms with Crippen LogP contribution in [0.1, 0.15) is 42.7 Å². The third-order valence-electron chi connectivity index (χ3n) is 4.69. The number of unbranched alkanes of at least 4 members (excludes halogenated alkanes) is 1. The summed E-state index contributed by atoms with van der Waals surface area (Å²) >= 11 is 5.84. The summed E-state index contributed by atoms with van der Waals surface area (Å²) in [6, 6.07) is 11.0. The predicted octanol–water partition coefficient (Wildman–Crippen LogP) is 3.91. The quantitative estimate of drug-likeness (QED) is 0.338. The molecule has 0 bridgehead atoms. The molecule has 0 saturated heterocycles. The number of nitro groups is 1. The van der Waals surface area contributed by atoms with E-state index < -0.39 is 10.8 Å². The Balaban J connectivity index is 1.94. The monoisotopic (exact) mass is 441 g/mol. The second-order valence-electron chi connectivity index (χ2n) is 6.84. The van der Waals surface area contributed by atoms with Gasteiger partial charge in [-0.3, -0.25) is 19.7 Å². The van der Waals surface area contributed by atoms with Gasteiger partial charge in [0.2, 0.25) is 0 Å². The summed E-state index contributed by atoms with van der Waals surface area (Å²) in [6.45, 7) is 4.00. The van der Waals surface area contributed by atoms with Crippen LogP contribution in [0.5, 0.6) is 0 Å². The summed E-state index contributed by atoms with van der Waals surface area (Å²) in [5.74, 6) is -0.593. The van der Waals surface area contributed by atoms with E-state index in [9.17, 15) is 19.7 Å². The van der Waals surface area contributed by atoms with Crippen molar-refractivity contribution in [3.8, 4) is 0 Å². The normalized spacial score (nSPS) is 11.5. The van der Waals surface area contributed by atoms with Gasteiger partial charge in [-0.2, -0.15) is 10.2 Å². The van der Waals surface area contributed by atoms with E-state index in [0.717, 1.165) is 12.8 Å². The number of hydrazone groups is 1.